The summed E-state index contributed by atoms with van der Waals surface area (Å²) >= 11 is 1.42. The maximum Gasteiger partial charge on any atom is 0.338 e. The molecule has 0 spiro atoms. The molecule has 2 aliphatic rings. The van der Waals surface area contributed by atoms with Crippen molar-refractivity contribution in [1.82, 2.24) is 0 Å². The quantitative estimate of drug-likeness (QED) is 0.713. The van der Waals surface area contributed by atoms with E-state index in [9.17, 15) is 14.4 Å². The van der Waals surface area contributed by atoms with Crippen molar-refractivity contribution in [2.24, 2.45) is 0 Å². The number of nitrogens with one attached hydrogen (secondary N) is 2. The van der Waals surface area contributed by atoms with Gasteiger partial charge in [-0.1, -0.05) is 0 Å². The number of ether oxygens (including phenoxy) is 1. The van der Waals surface area contributed by atoms with E-state index in [2.05, 4.69) is 15.5 Å². The average molecular weight is 426 g/mol. The van der Waals surface area contributed by atoms with Crippen molar-refractivity contribution in [1.29, 1.82) is 0 Å². The van der Waals surface area contributed by atoms with E-state index in [1.807, 2.05) is 24.3 Å². The van der Waals surface area contributed by atoms with Gasteiger partial charge in [0.05, 0.1) is 17.0 Å². The zero-order chi connectivity index (χ0) is 20.9. The number of anilines is 3. The molecule has 0 aromatic heterocycles. The van der Waals surface area contributed by atoms with Crippen molar-refractivity contribution in [3.8, 4) is 0 Å². The molecule has 0 radical (unpaired) electrons. The second-order valence-electron chi connectivity index (χ2n) is 7.27. The highest BCUT2D eigenvalue weighted by Gasteiger charge is 2.18. The summed E-state index contributed by atoms with van der Waals surface area (Å²) in [5.41, 5.74) is 2.68. The first-order chi connectivity index (χ1) is 14.6. The lowest BCUT2D eigenvalue weighted by atomic mass is 10.1. The van der Waals surface area contributed by atoms with Crippen molar-refractivity contribution in [2.75, 3.05) is 41.0 Å². The Morgan fingerprint density at radius 1 is 1.07 bits per heavy atom. The summed E-state index contributed by atoms with van der Waals surface area (Å²) in [6.45, 7) is 1.74. The maximum atomic E-state index is 12.3. The van der Waals surface area contributed by atoms with Gasteiger partial charge in [0, 0.05) is 29.4 Å². The lowest BCUT2D eigenvalue weighted by Crippen LogP contribution is -2.29. The number of nitrogens with zero attached hydrogens (tertiary/aromatic N) is 1. The highest BCUT2D eigenvalue weighted by Crippen LogP contribution is 2.32. The molecule has 30 heavy (non-hydrogen) atoms. The van der Waals surface area contributed by atoms with Gasteiger partial charge in [-0.05, 0) is 61.7 Å². The van der Waals surface area contributed by atoms with Crippen LogP contribution >= 0.6 is 11.8 Å². The molecule has 2 heterocycles. The summed E-state index contributed by atoms with van der Waals surface area (Å²) in [5, 5.41) is 5.47. The fraction of sp³-hybridized carbons (Fsp3) is 0.318. The minimum atomic E-state index is -0.613. The zero-order valence-corrected chi connectivity index (χ0v) is 17.3. The minimum Gasteiger partial charge on any atom is -0.452 e. The van der Waals surface area contributed by atoms with E-state index in [-0.39, 0.29) is 18.1 Å². The van der Waals surface area contributed by atoms with Crippen LogP contribution in [0.25, 0.3) is 0 Å². The van der Waals surface area contributed by atoms with Crippen LogP contribution in [0.3, 0.4) is 0 Å². The van der Waals surface area contributed by atoms with Crippen LogP contribution < -0.4 is 15.5 Å². The van der Waals surface area contributed by atoms with E-state index in [0.29, 0.717) is 17.1 Å². The van der Waals surface area contributed by atoms with Crippen molar-refractivity contribution >= 4 is 46.6 Å². The second-order valence-corrected chi connectivity index (χ2v) is 8.28. The molecule has 2 amide bonds. The maximum absolute atomic E-state index is 12.3. The lowest BCUT2D eigenvalue weighted by molar-refractivity contribution is -0.119. The SMILES string of the molecule is O=C(COC(=O)c1ccc2c(c1)NC(=O)CS2)Nc1ccc(N2CCCCC2)cc1. The molecule has 1 fully saturated rings. The molecule has 0 unspecified atom stereocenters. The topological polar surface area (TPSA) is 87.7 Å². The number of fused-ring (bicyclic) bond motifs is 1. The Bertz CT molecular complexity index is 955. The van der Waals surface area contributed by atoms with E-state index in [1.165, 1.54) is 31.0 Å². The van der Waals surface area contributed by atoms with Crippen LogP contribution in [0, 0.1) is 0 Å². The molecule has 4 rings (SSSR count). The first-order valence-corrected chi connectivity index (χ1v) is 11.0. The van der Waals surface area contributed by atoms with Crippen molar-refractivity contribution < 1.29 is 19.1 Å². The number of amides is 2. The summed E-state index contributed by atoms with van der Waals surface area (Å²) in [7, 11) is 0. The Morgan fingerprint density at radius 2 is 1.83 bits per heavy atom. The Labute approximate surface area is 179 Å². The smallest absolute Gasteiger partial charge is 0.338 e. The number of esters is 1. The van der Waals surface area contributed by atoms with E-state index < -0.39 is 11.9 Å². The predicted octanol–water partition coefficient (Wildman–Crippen LogP) is 3.52. The molecule has 2 aromatic carbocycles. The van der Waals surface area contributed by atoms with Crippen LogP contribution in [-0.4, -0.2) is 43.2 Å². The van der Waals surface area contributed by atoms with Gasteiger partial charge in [-0.25, -0.2) is 4.79 Å². The standard InChI is InChI=1S/C22H23N3O4S/c26-20(23-16-5-7-17(8-6-16)25-10-2-1-3-11-25)13-29-22(28)15-4-9-19-18(12-15)24-21(27)14-30-19/h4-9,12H,1-3,10-11,13-14H2,(H,23,26)(H,24,27). The molecule has 2 N–H and O–H groups in total. The number of rotatable bonds is 5. The molecule has 0 saturated carbocycles. The van der Waals surface area contributed by atoms with Gasteiger partial charge in [-0.3, -0.25) is 9.59 Å². The van der Waals surface area contributed by atoms with Crippen LogP contribution in [0.2, 0.25) is 0 Å². The lowest BCUT2D eigenvalue weighted by Gasteiger charge is -2.28. The Hall–Kier alpha value is -3.00. The highest BCUT2D eigenvalue weighted by molar-refractivity contribution is 8.00. The molecule has 156 valence electrons. The molecule has 1 saturated heterocycles. The number of hydrogen-bond donors (Lipinski definition) is 2. The van der Waals surface area contributed by atoms with Crippen LogP contribution in [-0.2, 0) is 14.3 Å². The summed E-state index contributed by atoms with van der Waals surface area (Å²) in [5.74, 6) is -0.770. The molecule has 8 heteroatoms. The molecule has 0 atom stereocenters. The van der Waals surface area contributed by atoms with Crippen molar-refractivity contribution in [3.05, 3.63) is 48.0 Å². The Kier molecular flexibility index (Phi) is 6.23. The molecule has 0 aliphatic carbocycles. The highest BCUT2D eigenvalue weighted by atomic mass is 32.2. The number of carbonyl (C=O) groups is 3. The summed E-state index contributed by atoms with van der Waals surface area (Å²) < 4.78 is 5.12. The number of hydrogen-bond acceptors (Lipinski definition) is 6. The van der Waals surface area contributed by atoms with E-state index in [4.69, 9.17) is 4.74 Å². The van der Waals surface area contributed by atoms with Crippen LogP contribution in [0.5, 0.6) is 0 Å². The summed E-state index contributed by atoms with van der Waals surface area (Å²) in [6, 6.07) is 12.7. The third-order valence-corrected chi connectivity index (χ3v) is 6.13. The van der Waals surface area contributed by atoms with Gasteiger partial charge < -0.3 is 20.3 Å². The van der Waals surface area contributed by atoms with Crippen molar-refractivity contribution in [2.45, 2.75) is 24.2 Å². The van der Waals surface area contributed by atoms with Gasteiger partial charge in [-0.15, -0.1) is 11.8 Å². The first-order valence-electron chi connectivity index (χ1n) is 9.97. The number of carbonyl (C=O) groups excluding carboxylic acids is 3. The second kappa shape index (κ2) is 9.21. The largest absolute Gasteiger partial charge is 0.452 e. The number of piperidine rings is 1. The molecule has 0 bridgehead atoms. The zero-order valence-electron chi connectivity index (χ0n) is 16.5. The van der Waals surface area contributed by atoms with Gasteiger partial charge >= 0.3 is 5.97 Å². The Balaban J connectivity index is 1.29. The minimum absolute atomic E-state index is 0.108. The molecule has 2 aliphatic heterocycles. The predicted molar refractivity (Wildman–Crippen MR) is 117 cm³/mol. The fourth-order valence-corrected chi connectivity index (χ4v) is 4.32. The van der Waals surface area contributed by atoms with Crippen LogP contribution in [0.4, 0.5) is 17.1 Å². The molecule has 2 aromatic rings. The van der Waals surface area contributed by atoms with Gasteiger partial charge in [0.15, 0.2) is 6.61 Å². The van der Waals surface area contributed by atoms with E-state index >= 15 is 0 Å². The monoisotopic (exact) mass is 425 g/mol. The first kappa shape index (κ1) is 20.3. The normalized spacial score (nSPS) is 15.7. The third-order valence-electron chi connectivity index (χ3n) is 5.05. The van der Waals surface area contributed by atoms with E-state index in [1.54, 1.807) is 18.2 Å². The Morgan fingerprint density at radius 3 is 2.60 bits per heavy atom. The number of thioether (sulfide) groups is 1. The number of benzene rings is 2. The summed E-state index contributed by atoms with van der Waals surface area (Å²) in [4.78, 5) is 39.2. The summed E-state index contributed by atoms with van der Waals surface area (Å²) in [6.07, 6.45) is 3.70. The van der Waals surface area contributed by atoms with Gasteiger partial charge in [-0.2, -0.15) is 0 Å². The van der Waals surface area contributed by atoms with Crippen LogP contribution in [0.1, 0.15) is 29.6 Å². The third kappa shape index (κ3) is 4.94. The average Bonchev–Trinajstić information content (AvgIpc) is 2.78. The van der Waals surface area contributed by atoms with Gasteiger partial charge in [0.2, 0.25) is 5.91 Å². The fourth-order valence-electron chi connectivity index (χ4n) is 3.53. The van der Waals surface area contributed by atoms with E-state index in [0.717, 1.165) is 23.7 Å². The molecular formula is C22H23N3O4S. The van der Waals surface area contributed by atoms with Gasteiger partial charge in [0.25, 0.3) is 5.91 Å². The molecular weight excluding hydrogens is 402 g/mol. The van der Waals surface area contributed by atoms with Gasteiger partial charge in [0.1, 0.15) is 0 Å². The van der Waals surface area contributed by atoms with Crippen LogP contribution in [0.15, 0.2) is 47.4 Å². The van der Waals surface area contributed by atoms with Crippen molar-refractivity contribution in [3.63, 3.8) is 0 Å². The molecule has 7 nitrogen and oxygen atoms in total.